The van der Waals surface area contributed by atoms with E-state index in [4.69, 9.17) is 21.8 Å². The van der Waals surface area contributed by atoms with Crippen LogP contribution in [0.4, 0.5) is 0 Å². The molecule has 0 radical (unpaired) electrons. The lowest BCUT2D eigenvalue weighted by Crippen LogP contribution is -2.00. The average Bonchev–Trinajstić information content (AvgIpc) is 3.16. The number of hydrogen-bond donors (Lipinski definition) is 0. The Labute approximate surface area is 263 Å². The quantitative estimate of drug-likeness (QED) is 0.208. The van der Waals surface area contributed by atoms with Crippen LogP contribution in [0.1, 0.15) is 6.85 Å². The maximum atomic E-state index is 8.66. The largest absolute Gasteiger partial charge is 0.208 e. The Morgan fingerprint density at radius 3 is 1.73 bits per heavy atom. The molecule has 0 aliphatic heterocycles. The van der Waals surface area contributed by atoms with Gasteiger partial charge in [0.2, 0.25) is 0 Å². The molecule has 0 aliphatic rings. The van der Waals surface area contributed by atoms with Crippen molar-refractivity contribution in [1.29, 1.82) is 0 Å². The van der Waals surface area contributed by atoms with Crippen molar-refractivity contribution in [1.82, 2.24) is 15.0 Å². The first kappa shape index (κ1) is 20.9. The molecule has 0 saturated heterocycles. The highest BCUT2D eigenvalue weighted by molar-refractivity contribution is 5.95. The maximum absolute atomic E-state index is 8.66. The molecular formula is C41H27N3. The number of nitrogens with zero attached hydrogens (tertiary/aromatic N) is 3. The molecule has 7 aromatic carbocycles. The monoisotopic (exact) mass is 566 g/mol. The number of aromatic nitrogens is 3. The van der Waals surface area contributed by atoms with E-state index in [-0.39, 0.29) is 23.5 Å². The van der Waals surface area contributed by atoms with E-state index in [9.17, 15) is 0 Å². The summed E-state index contributed by atoms with van der Waals surface area (Å²) in [6.45, 7) is 0. The van der Waals surface area contributed by atoms with Crippen molar-refractivity contribution in [3.8, 4) is 56.4 Å². The third kappa shape index (κ3) is 4.91. The first-order chi connectivity index (χ1) is 23.9. The molecule has 3 heteroatoms. The molecule has 0 spiro atoms. The van der Waals surface area contributed by atoms with E-state index in [0.29, 0.717) is 17.2 Å². The molecule has 1 heterocycles. The van der Waals surface area contributed by atoms with Gasteiger partial charge in [0.05, 0.1) is 6.85 Å². The molecule has 0 unspecified atom stereocenters. The normalized spacial score (nSPS) is 12.8. The summed E-state index contributed by atoms with van der Waals surface area (Å²) in [7, 11) is 0. The van der Waals surface area contributed by atoms with Gasteiger partial charge in [0.25, 0.3) is 0 Å². The second-order valence-corrected chi connectivity index (χ2v) is 10.6. The second-order valence-electron chi connectivity index (χ2n) is 10.6. The van der Waals surface area contributed by atoms with E-state index in [2.05, 4.69) is 48.5 Å². The molecule has 0 amide bonds. The second kappa shape index (κ2) is 11.0. The molecule has 3 nitrogen and oxygen atoms in total. The zero-order chi connectivity index (χ0) is 33.6. The van der Waals surface area contributed by atoms with Gasteiger partial charge in [-0.05, 0) is 62.0 Å². The van der Waals surface area contributed by atoms with Gasteiger partial charge in [0, 0.05) is 16.7 Å². The smallest absolute Gasteiger partial charge is 0.164 e. The van der Waals surface area contributed by atoms with E-state index in [1.54, 1.807) is 0 Å². The van der Waals surface area contributed by atoms with Crippen molar-refractivity contribution in [3.63, 3.8) is 0 Å². The van der Waals surface area contributed by atoms with Crippen molar-refractivity contribution < 1.29 is 6.85 Å². The summed E-state index contributed by atoms with van der Waals surface area (Å²) in [4.78, 5) is 14.4. The van der Waals surface area contributed by atoms with E-state index in [1.165, 1.54) is 5.56 Å². The van der Waals surface area contributed by atoms with Crippen molar-refractivity contribution in [2.45, 2.75) is 0 Å². The fraction of sp³-hybridized carbons (Fsp3) is 0. The lowest BCUT2D eigenvalue weighted by molar-refractivity contribution is 1.08. The molecule has 8 aromatic rings. The van der Waals surface area contributed by atoms with E-state index in [1.807, 2.05) is 84.9 Å². The molecule has 0 aliphatic carbocycles. The van der Waals surface area contributed by atoms with Gasteiger partial charge in [-0.1, -0.05) is 145 Å². The fourth-order valence-electron chi connectivity index (χ4n) is 5.59. The Kier molecular flexibility index (Phi) is 5.24. The Hall–Kier alpha value is -5.93. The lowest BCUT2D eigenvalue weighted by Gasteiger charge is -2.11. The first-order valence-corrected chi connectivity index (χ1v) is 14.4. The number of rotatable bonds is 5. The van der Waals surface area contributed by atoms with Crippen molar-refractivity contribution >= 4 is 21.5 Å². The van der Waals surface area contributed by atoms with Crippen molar-refractivity contribution in [2.24, 2.45) is 0 Å². The summed E-state index contributed by atoms with van der Waals surface area (Å²) in [6, 6.07) is 42.7. The van der Waals surface area contributed by atoms with E-state index in [0.717, 1.165) is 43.8 Å². The predicted octanol–water partition coefficient (Wildman–Crippen LogP) is 10.5. The van der Waals surface area contributed by atoms with Gasteiger partial charge in [0.15, 0.2) is 17.5 Å². The molecule has 8 rings (SSSR count). The molecule has 0 atom stereocenters. The van der Waals surface area contributed by atoms with Crippen LogP contribution in [0, 0.1) is 0 Å². The van der Waals surface area contributed by atoms with Crippen LogP contribution in [0.5, 0.6) is 0 Å². The Morgan fingerprint density at radius 1 is 0.364 bits per heavy atom. The molecule has 0 N–H and O–H groups in total. The summed E-state index contributed by atoms with van der Waals surface area (Å²) in [5, 5.41) is 4.18. The Bertz CT molecular complexity index is 2540. The lowest BCUT2D eigenvalue weighted by atomic mass is 9.97. The number of fused-ring (bicyclic) bond motifs is 2. The van der Waals surface area contributed by atoms with Crippen molar-refractivity contribution in [3.05, 3.63) is 164 Å². The number of hydrogen-bond acceptors (Lipinski definition) is 3. The van der Waals surface area contributed by atoms with Gasteiger partial charge in [-0.2, -0.15) is 0 Å². The predicted molar refractivity (Wildman–Crippen MR) is 182 cm³/mol. The maximum Gasteiger partial charge on any atom is 0.164 e. The van der Waals surface area contributed by atoms with Crippen LogP contribution in [0.3, 0.4) is 0 Å². The molecular weight excluding hydrogens is 534 g/mol. The summed E-state index contributed by atoms with van der Waals surface area (Å²) >= 11 is 0. The fourth-order valence-corrected chi connectivity index (χ4v) is 5.59. The highest BCUT2D eigenvalue weighted by atomic mass is 15.0. The van der Waals surface area contributed by atoms with E-state index < -0.39 is 18.1 Å². The molecule has 206 valence electrons. The van der Waals surface area contributed by atoms with Crippen LogP contribution in [0.15, 0.2) is 164 Å². The topological polar surface area (TPSA) is 38.7 Å². The summed E-state index contributed by atoms with van der Waals surface area (Å²) in [5.74, 6) is 0.680. The van der Waals surface area contributed by atoms with Crippen LogP contribution in [0.25, 0.3) is 78.0 Å². The van der Waals surface area contributed by atoms with E-state index >= 15 is 0 Å². The Morgan fingerprint density at radius 2 is 0.932 bits per heavy atom. The van der Waals surface area contributed by atoms with Crippen LogP contribution in [-0.2, 0) is 0 Å². The van der Waals surface area contributed by atoms with Gasteiger partial charge >= 0.3 is 0 Å². The highest BCUT2D eigenvalue weighted by Crippen LogP contribution is 2.33. The number of benzene rings is 7. The minimum Gasteiger partial charge on any atom is -0.208 e. The van der Waals surface area contributed by atoms with Crippen molar-refractivity contribution in [2.75, 3.05) is 0 Å². The van der Waals surface area contributed by atoms with Gasteiger partial charge in [-0.15, -0.1) is 0 Å². The zero-order valence-electron chi connectivity index (χ0n) is 28.5. The first-order valence-electron chi connectivity index (χ1n) is 16.9. The standard InChI is InChI=1S/C41H27N3/c1-3-11-28(12-4-1)32-21-22-35-26-33(23-24-34(35)25-32)31-17-9-18-36(27-31)40-42-39(30-14-5-2-6-15-30)43-41(44-40)38-20-10-16-29-13-7-8-19-37(29)38/h1-27H/i2D,5D,6D,14D,15D. The molecule has 1 aromatic heterocycles. The summed E-state index contributed by atoms with van der Waals surface area (Å²) in [5.41, 5.74) is 5.69. The molecule has 44 heavy (non-hydrogen) atoms. The van der Waals surface area contributed by atoms with Crippen LogP contribution < -0.4 is 0 Å². The summed E-state index contributed by atoms with van der Waals surface area (Å²) < 4.78 is 42.0. The van der Waals surface area contributed by atoms with Crippen LogP contribution in [0.2, 0.25) is 0 Å². The average molecular weight is 567 g/mol. The van der Waals surface area contributed by atoms with Crippen LogP contribution >= 0.6 is 0 Å². The van der Waals surface area contributed by atoms with Gasteiger partial charge in [-0.3, -0.25) is 0 Å². The Balaban J connectivity index is 1.28. The molecule has 0 bridgehead atoms. The highest BCUT2D eigenvalue weighted by Gasteiger charge is 2.15. The zero-order valence-corrected chi connectivity index (χ0v) is 23.5. The van der Waals surface area contributed by atoms with Crippen LogP contribution in [-0.4, -0.2) is 15.0 Å². The van der Waals surface area contributed by atoms with Gasteiger partial charge in [0.1, 0.15) is 0 Å². The van der Waals surface area contributed by atoms with Gasteiger partial charge < -0.3 is 0 Å². The minimum atomic E-state index is -0.471. The minimum absolute atomic E-state index is 0.00950. The SMILES string of the molecule is [2H]c1c([2H])c([2H])c(-c2nc(-c3cccc(-c4ccc5cc(-c6ccccc6)ccc5c4)c3)nc(-c3cccc4ccccc34)n2)c([2H])c1[2H]. The van der Waals surface area contributed by atoms with Gasteiger partial charge in [-0.25, -0.2) is 15.0 Å². The third-order valence-electron chi connectivity index (χ3n) is 7.79. The molecule has 0 fully saturated rings. The summed E-state index contributed by atoms with van der Waals surface area (Å²) in [6.07, 6.45) is 0. The molecule has 0 saturated carbocycles. The third-order valence-corrected chi connectivity index (χ3v) is 7.79.